The van der Waals surface area contributed by atoms with E-state index in [1.807, 2.05) is 30.3 Å². The maximum Gasteiger partial charge on any atom is 0.307 e. The normalized spacial score (nSPS) is 10.2. The molecule has 2 aromatic carbocycles. The second kappa shape index (κ2) is 9.52. The fraction of sp³-hybridized carbons (Fsp3) is 0.176. The third-order valence-corrected chi connectivity index (χ3v) is 4.13. The van der Waals surface area contributed by atoms with E-state index in [9.17, 15) is 24.1 Å². The number of nitro benzene ring substituents is 1. The van der Waals surface area contributed by atoms with Gasteiger partial charge in [-0.2, -0.15) is 0 Å². The first-order chi connectivity index (χ1) is 12.5. The van der Waals surface area contributed by atoms with Crippen LogP contribution in [-0.4, -0.2) is 29.2 Å². The van der Waals surface area contributed by atoms with Gasteiger partial charge in [-0.15, -0.1) is 11.8 Å². The van der Waals surface area contributed by atoms with E-state index in [2.05, 4.69) is 5.32 Å². The van der Waals surface area contributed by atoms with Gasteiger partial charge in [0.2, 0.25) is 0 Å². The molecule has 0 aliphatic heterocycles. The summed E-state index contributed by atoms with van der Waals surface area (Å²) in [7, 11) is 0. The zero-order valence-electron chi connectivity index (χ0n) is 13.5. The molecule has 1 N–H and O–H groups in total. The molecular weight excluding hydrogens is 363 g/mol. The highest BCUT2D eigenvalue weighted by Gasteiger charge is 2.14. The van der Waals surface area contributed by atoms with E-state index in [0.29, 0.717) is 5.75 Å². The molecule has 26 heavy (non-hydrogen) atoms. The molecule has 9 heteroatoms. The van der Waals surface area contributed by atoms with Crippen LogP contribution in [0, 0.1) is 15.9 Å². The predicted molar refractivity (Wildman–Crippen MR) is 94.4 cm³/mol. The average molecular weight is 378 g/mol. The first-order valence-corrected chi connectivity index (χ1v) is 8.51. The van der Waals surface area contributed by atoms with Crippen molar-refractivity contribution < 1.29 is 23.6 Å². The fourth-order valence-electron chi connectivity index (χ4n) is 1.90. The summed E-state index contributed by atoms with van der Waals surface area (Å²) in [5.41, 5.74) is -0.712. The van der Waals surface area contributed by atoms with Crippen LogP contribution in [0.2, 0.25) is 0 Å². The smallest absolute Gasteiger partial charge is 0.307 e. The number of benzene rings is 2. The second-order valence-electron chi connectivity index (χ2n) is 5.04. The molecule has 0 bridgehead atoms. The van der Waals surface area contributed by atoms with Crippen molar-refractivity contribution in [2.45, 2.75) is 11.3 Å². The quantitative estimate of drug-likeness (QED) is 0.327. The van der Waals surface area contributed by atoms with Gasteiger partial charge in [-0.3, -0.25) is 19.7 Å². The Balaban J connectivity index is 1.75. The monoisotopic (exact) mass is 378 g/mol. The van der Waals surface area contributed by atoms with Gasteiger partial charge in [0, 0.05) is 22.8 Å². The maximum absolute atomic E-state index is 13.6. The van der Waals surface area contributed by atoms with Crippen molar-refractivity contribution in [1.82, 2.24) is 0 Å². The van der Waals surface area contributed by atoms with Crippen LogP contribution < -0.4 is 5.32 Å². The number of ether oxygens (including phenoxy) is 1. The number of hydrogen-bond donors (Lipinski definition) is 1. The van der Waals surface area contributed by atoms with Crippen molar-refractivity contribution >= 4 is 35.0 Å². The molecule has 1 amide bonds. The highest BCUT2D eigenvalue weighted by molar-refractivity contribution is 7.99. The van der Waals surface area contributed by atoms with Crippen LogP contribution >= 0.6 is 11.8 Å². The van der Waals surface area contributed by atoms with Crippen LogP contribution in [0.1, 0.15) is 6.42 Å². The highest BCUT2D eigenvalue weighted by atomic mass is 32.2. The minimum absolute atomic E-state index is 0.109. The van der Waals surface area contributed by atoms with Crippen molar-refractivity contribution in [1.29, 1.82) is 0 Å². The second-order valence-corrected chi connectivity index (χ2v) is 6.21. The molecule has 0 heterocycles. The van der Waals surface area contributed by atoms with E-state index in [0.717, 1.165) is 23.1 Å². The molecule has 2 rings (SSSR count). The molecule has 0 spiro atoms. The van der Waals surface area contributed by atoms with Gasteiger partial charge in [-0.1, -0.05) is 18.2 Å². The van der Waals surface area contributed by atoms with Gasteiger partial charge < -0.3 is 10.1 Å². The number of carbonyl (C=O) groups excluding carboxylic acids is 2. The highest BCUT2D eigenvalue weighted by Crippen LogP contribution is 2.21. The van der Waals surface area contributed by atoms with Crippen molar-refractivity contribution in [2.75, 3.05) is 17.7 Å². The zero-order chi connectivity index (χ0) is 18.9. The summed E-state index contributed by atoms with van der Waals surface area (Å²) in [6, 6.07) is 12.2. The molecule has 0 saturated heterocycles. The number of nitro groups is 1. The summed E-state index contributed by atoms with van der Waals surface area (Å²) in [4.78, 5) is 34.3. The van der Waals surface area contributed by atoms with Crippen molar-refractivity contribution in [3.63, 3.8) is 0 Å². The van der Waals surface area contributed by atoms with Crippen LogP contribution in [0.25, 0.3) is 0 Å². The van der Waals surface area contributed by atoms with Crippen LogP contribution in [0.15, 0.2) is 53.4 Å². The van der Waals surface area contributed by atoms with Crippen LogP contribution in [0.3, 0.4) is 0 Å². The minimum Gasteiger partial charge on any atom is -0.456 e. The van der Waals surface area contributed by atoms with Crippen LogP contribution in [0.4, 0.5) is 15.8 Å². The van der Waals surface area contributed by atoms with Crippen LogP contribution in [-0.2, 0) is 14.3 Å². The Morgan fingerprint density at radius 2 is 1.92 bits per heavy atom. The first-order valence-electron chi connectivity index (χ1n) is 7.53. The SMILES string of the molecule is O=C(COC(=O)CCSc1ccccc1)Nc1cc([N+](=O)[O-])ccc1F. The third kappa shape index (κ3) is 6.17. The molecule has 136 valence electrons. The van der Waals surface area contributed by atoms with Gasteiger partial charge in [0.1, 0.15) is 5.82 Å². The number of nitrogens with one attached hydrogen (secondary N) is 1. The summed E-state index contributed by atoms with van der Waals surface area (Å²) in [5.74, 6) is -1.68. The van der Waals surface area contributed by atoms with Crippen LogP contribution in [0.5, 0.6) is 0 Å². The lowest BCUT2D eigenvalue weighted by Gasteiger charge is -2.07. The molecule has 0 unspecified atom stereocenters. The van der Waals surface area contributed by atoms with Gasteiger partial charge in [0.25, 0.3) is 11.6 Å². The molecule has 0 atom stereocenters. The number of rotatable bonds is 8. The van der Waals surface area contributed by atoms with E-state index in [1.165, 1.54) is 11.8 Å². The number of non-ortho nitro benzene ring substituents is 1. The molecule has 0 fully saturated rings. The van der Waals surface area contributed by atoms with Gasteiger partial charge in [-0.05, 0) is 18.2 Å². The number of amides is 1. The third-order valence-electron chi connectivity index (χ3n) is 3.12. The molecule has 7 nitrogen and oxygen atoms in total. The van der Waals surface area contributed by atoms with E-state index in [-0.39, 0.29) is 17.8 Å². The van der Waals surface area contributed by atoms with Gasteiger partial charge in [-0.25, -0.2) is 4.39 Å². The zero-order valence-corrected chi connectivity index (χ0v) is 14.3. The molecule has 0 radical (unpaired) electrons. The van der Waals surface area contributed by atoms with Crippen molar-refractivity contribution in [2.24, 2.45) is 0 Å². The number of nitrogens with zero attached hydrogens (tertiary/aromatic N) is 1. The summed E-state index contributed by atoms with van der Waals surface area (Å²) in [6.45, 7) is -0.600. The van der Waals surface area contributed by atoms with E-state index in [4.69, 9.17) is 4.74 Å². The number of esters is 1. The lowest BCUT2D eigenvalue weighted by atomic mass is 10.2. The van der Waals surface area contributed by atoms with Gasteiger partial charge in [0.15, 0.2) is 6.61 Å². The molecule has 0 aliphatic rings. The Morgan fingerprint density at radius 1 is 1.19 bits per heavy atom. The fourth-order valence-corrected chi connectivity index (χ4v) is 2.75. The number of carbonyl (C=O) groups is 2. The number of halogens is 1. The molecular formula is C17H15FN2O5S. The molecule has 0 saturated carbocycles. The van der Waals surface area contributed by atoms with Gasteiger partial charge >= 0.3 is 5.97 Å². The van der Waals surface area contributed by atoms with E-state index >= 15 is 0 Å². The summed E-state index contributed by atoms with van der Waals surface area (Å²) in [6.07, 6.45) is 0.109. The van der Waals surface area contributed by atoms with Crippen molar-refractivity contribution in [3.8, 4) is 0 Å². The first kappa shape index (κ1) is 19.4. The Kier molecular flexibility index (Phi) is 7.10. The van der Waals surface area contributed by atoms with E-state index < -0.39 is 29.2 Å². The van der Waals surface area contributed by atoms with E-state index in [1.54, 1.807) is 0 Å². The summed E-state index contributed by atoms with van der Waals surface area (Å²) >= 11 is 1.48. The summed E-state index contributed by atoms with van der Waals surface area (Å²) < 4.78 is 18.4. The largest absolute Gasteiger partial charge is 0.456 e. The average Bonchev–Trinajstić information content (AvgIpc) is 2.62. The minimum atomic E-state index is -0.825. The predicted octanol–water partition coefficient (Wildman–Crippen LogP) is 3.40. The Hall–Kier alpha value is -2.94. The van der Waals surface area contributed by atoms with Crippen molar-refractivity contribution in [3.05, 3.63) is 64.5 Å². The molecule has 0 aliphatic carbocycles. The standard InChI is InChI=1S/C17H15FN2O5S/c18-14-7-6-12(20(23)24)10-15(14)19-16(21)11-25-17(22)8-9-26-13-4-2-1-3-5-13/h1-7,10H,8-9,11H2,(H,19,21). The Bertz CT molecular complexity index is 801. The Morgan fingerprint density at radius 3 is 2.62 bits per heavy atom. The maximum atomic E-state index is 13.6. The molecule has 2 aromatic rings. The number of hydrogen-bond acceptors (Lipinski definition) is 6. The number of thioether (sulfide) groups is 1. The summed E-state index contributed by atoms with van der Waals surface area (Å²) in [5, 5.41) is 12.8. The number of anilines is 1. The Labute approximate surface area is 152 Å². The lowest BCUT2D eigenvalue weighted by molar-refractivity contribution is -0.384. The topological polar surface area (TPSA) is 98.5 Å². The lowest BCUT2D eigenvalue weighted by Crippen LogP contribution is -2.21. The molecule has 0 aromatic heterocycles. The van der Waals surface area contributed by atoms with Gasteiger partial charge in [0.05, 0.1) is 17.0 Å².